The highest BCUT2D eigenvalue weighted by Gasteiger charge is 2.23. The second-order valence-corrected chi connectivity index (χ2v) is 9.26. The van der Waals surface area contributed by atoms with Crippen LogP contribution in [-0.4, -0.2) is 57.0 Å². The normalized spacial score (nSPS) is 11.4. The molecule has 0 unspecified atom stereocenters. The topological polar surface area (TPSA) is 86.8 Å². The smallest absolute Gasteiger partial charge is 0.286 e. The van der Waals surface area contributed by atoms with E-state index in [0.717, 1.165) is 28.2 Å². The lowest BCUT2D eigenvalue weighted by atomic mass is 10.2. The molecule has 0 heterocycles. The molecule has 28 heavy (non-hydrogen) atoms. The molecule has 0 fully saturated rings. The number of hydrogen-bond donors (Lipinski definition) is 1. The maximum atomic E-state index is 14.0. The zero-order valence-corrected chi connectivity index (χ0v) is 17.4. The molecule has 0 saturated heterocycles. The number of halogens is 1. The van der Waals surface area contributed by atoms with Crippen molar-refractivity contribution >= 4 is 38.6 Å². The van der Waals surface area contributed by atoms with Crippen molar-refractivity contribution in [3.8, 4) is 0 Å². The van der Waals surface area contributed by atoms with Crippen LogP contribution in [0, 0.1) is 5.82 Å². The van der Waals surface area contributed by atoms with Crippen molar-refractivity contribution in [3.05, 3.63) is 53.8 Å². The van der Waals surface area contributed by atoms with Crippen LogP contribution in [0.5, 0.6) is 0 Å². The van der Waals surface area contributed by atoms with Gasteiger partial charge in [0.1, 0.15) is 10.7 Å². The highest BCUT2D eigenvalue weighted by Crippen LogP contribution is 2.29. The Labute approximate surface area is 167 Å². The van der Waals surface area contributed by atoms with E-state index in [1.165, 1.54) is 25.1 Å². The molecule has 0 radical (unpaired) electrons. The number of nitrogens with zero attached hydrogens (tertiary/aromatic N) is 2. The molecule has 1 N–H and O–H groups in total. The van der Waals surface area contributed by atoms with Crippen LogP contribution >= 0.6 is 11.8 Å². The van der Waals surface area contributed by atoms with E-state index < -0.39 is 26.6 Å². The molecular formula is C18H20FN3O4S2. The standard InChI is InChI=1S/C18H20FN3O4S2/c1-21(2)18(24)27-15-8-6-5-7-14(15)20-17(23)12-9-10-13(19)16(11-12)28(25,26)22(3)4/h5-11H,1-4H3,(H,20,23). The van der Waals surface area contributed by atoms with Gasteiger partial charge < -0.3 is 10.2 Å². The Morgan fingerprint density at radius 3 is 2.29 bits per heavy atom. The molecule has 0 aliphatic heterocycles. The molecule has 0 saturated carbocycles. The number of para-hydroxylation sites is 1. The molecule has 0 aromatic heterocycles. The van der Waals surface area contributed by atoms with E-state index in [2.05, 4.69) is 5.32 Å². The summed E-state index contributed by atoms with van der Waals surface area (Å²) in [6.07, 6.45) is 0. The molecule has 10 heteroatoms. The first kappa shape index (κ1) is 21.9. The van der Waals surface area contributed by atoms with Crippen molar-refractivity contribution in [2.45, 2.75) is 9.79 Å². The number of rotatable bonds is 5. The van der Waals surface area contributed by atoms with E-state index in [4.69, 9.17) is 0 Å². The van der Waals surface area contributed by atoms with Gasteiger partial charge >= 0.3 is 0 Å². The Kier molecular flexibility index (Phi) is 6.81. The first-order valence-corrected chi connectivity index (χ1v) is 10.3. The number of anilines is 1. The van der Waals surface area contributed by atoms with Crippen molar-refractivity contribution in [3.63, 3.8) is 0 Å². The van der Waals surface area contributed by atoms with Gasteiger partial charge in [0, 0.05) is 38.6 Å². The first-order valence-electron chi connectivity index (χ1n) is 8.05. The molecule has 2 aromatic carbocycles. The summed E-state index contributed by atoms with van der Waals surface area (Å²) in [5.41, 5.74) is 0.356. The van der Waals surface area contributed by atoms with Gasteiger partial charge in [-0.1, -0.05) is 12.1 Å². The minimum atomic E-state index is -4.05. The molecule has 0 aliphatic rings. The largest absolute Gasteiger partial charge is 0.339 e. The summed E-state index contributed by atoms with van der Waals surface area (Å²) in [5.74, 6) is -1.57. The van der Waals surface area contributed by atoms with Gasteiger partial charge in [-0.2, -0.15) is 0 Å². The maximum Gasteiger partial charge on any atom is 0.286 e. The highest BCUT2D eigenvalue weighted by atomic mass is 32.2. The molecule has 0 bridgehead atoms. The van der Waals surface area contributed by atoms with Crippen LogP contribution in [0.2, 0.25) is 0 Å². The lowest BCUT2D eigenvalue weighted by Gasteiger charge is -2.14. The van der Waals surface area contributed by atoms with Crippen molar-refractivity contribution < 1.29 is 22.4 Å². The average molecular weight is 426 g/mol. The van der Waals surface area contributed by atoms with Crippen LogP contribution in [0.1, 0.15) is 10.4 Å². The number of nitrogens with one attached hydrogen (secondary N) is 1. The SMILES string of the molecule is CN(C)C(=O)Sc1ccccc1NC(=O)c1ccc(F)c(S(=O)(=O)N(C)C)c1. The van der Waals surface area contributed by atoms with Crippen LogP contribution in [-0.2, 0) is 10.0 Å². The zero-order valence-electron chi connectivity index (χ0n) is 15.8. The molecule has 150 valence electrons. The molecular weight excluding hydrogens is 405 g/mol. The van der Waals surface area contributed by atoms with Gasteiger partial charge in [-0.3, -0.25) is 9.59 Å². The third-order valence-electron chi connectivity index (χ3n) is 3.65. The predicted octanol–water partition coefficient (Wildman–Crippen LogP) is 3.10. The van der Waals surface area contributed by atoms with E-state index in [9.17, 15) is 22.4 Å². The number of carbonyl (C=O) groups is 2. The van der Waals surface area contributed by atoms with Crippen molar-refractivity contribution in [1.29, 1.82) is 0 Å². The Balaban J connectivity index is 2.34. The summed E-state index contributed by atoms with van der Waals surface area (Å²) >= 11 is 0.939. The molecule has 7 nitrogen and oxygen atoms in total. The van der Waals surface area contributed by atoms with Crippen LogP contribution in [0.3, 0.4) is 0 Å². The van der Waals surface area contributed by atoms with Gasteiger partial charge in [-0.25, -0.2) is 17.1 Å². The van der Waals surface area contributed by atoms with Gasteiger partial charge in [0.05, 0.1) is 5.69 Å². The summed E-state index contributed by atoms with van der Waals surface area (Å²) in [7, 11) is 1.73. The van der Waals surface area contributed by atoms with Crippen molar-refractivity contribution in [2.75, 3.05) is 33.5 Å². The average Bonchev–Trinajstić information content (AvgIpc) is 2.63. The van der Waals surface area contributed by atoms with Crippen LogP contribution in [0.4, 0.5) is 14.9 Å². The van der Waals surface area contributed by atoms with Gasteiger partial charge in [-0.15, -0.1) is 0 Å². The first-order chi connectivity index (χ1) is 13.0. The van der Waals surface area contributed by atoms with Crippen molar-refractivity contribution in [1.82, 2.24) is 9.21 Å². The third kappa shape index (κ3) is 4.89. The van der Waals surface area contributed by atoms with Crippen LogP contribution in [0.15, 0.2) is 52.3 Å². The third-order valence-corrected chi connectivity index (χ3v) is 6.60. The maximum absolute atomic E-state index is 14.0. The fourth-order valence-electron chi connectivity index (χ4n) is 2.08. The number of thioether (sulfide) groups is 1. The second kappa shape index (κ2) is 8.72. The van der Waals surface area contributed by atoms with Gasteiger partial charge in [0.25, 0.3) is 11.1 Å². The van der Waals surface area contributed by atoms with Gasteiger partial charge in [0.2, 0.25) is 10.0 Å². The fourth-order valence-corrected chi connectivity index (χ4v) is 3.81. The number of hydrogen-bond acceptors (Lipinski definition) is 5. The molecule has 0 spiro atoms. The lowest BCUT2D eigenvalue weighted by Crippen LogP contribution is -2.24. The Hall–Kier alpha value is -2.43. The Bertz CT molecular complexity index is 1010. The van der Waals surface area contributed by atoms with E-state index in [1.807, 2.05) is 0 Å². The second-order valence-electron chi connectivity index (χ2n) is 6.15. The Morgan fingerprint density at radius 1 is 1.04 bits per heavy atom. The molecule has 0 atom stereocenters. The summed E-state index contributed by atoms with van der Waals surface area (Å²) in [4.78, 5) is 25.9. The van der Waals surface area contributed by atoms with Crippen LogP contribution < -0.4 is 5.32 Å². The molecule has 0 aliphatic carbocycles. The number of amides is 2. The zero-order chi connectivity index (χ0) is 21.1. The van der Waals surface area contributed by atoms with E-state index in [-0.39, 0.29) is 10.8 Å². The summed E-state index contributed by atoms with van der Waals surface area (Å²) in [6, 6.07) is 9.81. The van der Waals surface area contributed by atoms with Crippen molar-refractivity contribution in [2.24, 2.45) is 0 Å². The monoisotopic (exact) mass is 425 g/mol. The number of carbonyl (C=O) groups excluding carboxylic acids is 2. The molecule has 2 amide bonds. The van der Waals surface area contributed by atoms with E-state index in [1.54, 1.807) is 38.4 Å². The summed E-state index contributed by atoms with van der Waals surface area (Å²) in [6.45, 7) is 0. The minimum Gasteiger partial charge on any atom is -0.339 e. The molecule has 2 aromatic rings. The number of benzene rings is 2. The lowest BCUT2D eigenvalue weighted by molar-refractivity contribution is 0.102. The van der Waals surface area contributed by atoms with Crippen LogP contribution in [0.25, 0.3) is 0 Å². The quantitative estimate of drug-likeness (QED) is 0.744. The Morgan fingerprint density at radius 2 is 1.68 bits per heavy atom. The van der Waals surface area contributed by atoms with Gasteiger partial charge in [0.15, 0.2) is 0 Å². The highest BCUT2D eigenvalue weighted by molar-refractivity contribution is 8.13. The molecule has 2 rings (SSSR count). The number of sulfonamides is 1. The van der Waals surface area contributed by atoms with E-state index in [0.29, 0.717) is 10.6 Å². The van der Waals surface area contributed by atoms with Gasteiger partial charge in [-0.05, 0) is 42.1 Å². The van der Waals surface area contributed by atoms with E-state index >= 15 is 0 Å². The predicted molar refractivity (Wildman–Crippen MR) is 107 cm³/mol. The fraction of sp³-hybridized carbons (Fsp3) is 0.222. The summed E-state index contributed by atoms with van der Waals surface area (Å²) < 4.78 is 39.4. The summed E-state index contributed by atoms with van der Waals surface area (Å²) in [5, 5.41) is 2.42. The minimum absolute atomic E-state index is 0.0273.